The lowest BCUT2D eigenvalue weighted by molar-refractivity contribution is -0.163. The summed E-state index contributed by atoms with van der Waals surface area (Å²) in [6.45, 7) is 0.587. The van der Waals surface area contributed by atoms with Crippen molar-refractivity contribution in [2.45, 2.75) is 82.3 Å². The van der Waals surface area contributed by atoms with E-state index >= 15 is 0 Å². The zero-order chi connectivity index (χ0) is 37.7. The maximum atomic E-state index is 14.9. The fourth-order valence-electron chi connectivity index (χ4n) is 7.74. The lowest BCUT2D eigenvalue weighted by Crippen LogP contribution is -2.51. The molecule has 2 unspecified atom stereocenters. The summed E-state index contributed by atoms with van der Waals surface area (Å²) in [5.74, 6) is 4.91. The Morgan fingerprint density at radius 3 is 2.15 bits per heavy atom. The first-order valence-electron chi connectivity index (χ1n) is 18.5. The molecule has 10 nitrogen and oxygen atoms in total. The van der Waals surface area contributed by atoms with Crippen LogP contribution in [0.2, 0.25) is 0 Å². The summed E-state index contributed by atoms with van der Waals surface area (Å²) in [7, 11) is 7.91. The second kappa shape index (κ2) is 19.2. The lowest BCUT2D eigenvalue weighted by atomic mass is 9.75. The molecule has 0 spiro atoms. The third-order valence-electron chi connectivity index (χ3n) is 10.4. The molecule has 1 saturated carbocycles. The first-order valence-corrected chi connectivity index (χ1v) is 18.5. The molecule has 3 aromatic carbocycles. The van der Waals surface area contributed by atoms with Crippen molar-refractivity contribution in [3.05, 3.63) is 71.3 Å². The number of likely N-dealkylation sites (tertiary alicyclic amines) is 1. The molecule has 3 aromatic rings. The molecule has 5 rings (SSSR count). The number of amides is 1. The Morgan fingerprint density at radius 1 is 0.774 bits per heavy atom. The number of aryl methyl sites for hydroxylation is 1. The van der Waals surface area contributed by atoms with Crippen LogP contribution in [0.4, 0.5) is 0 Å². The van der Waals surface area contributed by atoms with Crippen LogP contribution >= 0.6 is 0 Å². The Bertz CT molecular complexity index is 1700. The van der Waals surface area contributed by atoms with E-state index in [0.717, 1.165) is 61.6 Å². The molecule has 2 fully saturated rings. The molecule has 0 aromatic heterocycles. The minimum absolute atomic E-state index is 0.0662. The van der Waals surface area contributed by atoms with E-state index in [1.807, 2.05) is 54.6 Å². The van der Waals surface area contributed by atoms with Gasteiger partial charge in [0.2, 0.25) is 11.7 Å². The van der Waals surface area contributed by atoms with E-state index in [1.54, 1.807) is 40.4 Å². The van der Waals surface area contributed by atoms with Gasteiger partial charge in [0.1, 0.15) is 24.5 Å². The van der Waals surface area contributed by atoms with Gasteiger partial charge < -0.3 is 38.1 Å². The minimum atomic E-state index is -0.720. The molecule has 0 radical (unpaired) electrons. The molecule has 1 amide bonds. The zero-order valence-electron chi connectivity index (χ0n) is 31.7. The fourth-order valence-corrected chi connectivity index (χ4v) is 7.74. The summed E-state index contributed by atoms with van der Waals surface area (Å²) in [6.07, 6.45) is 13.1. The molecule has 10 heteroatoms. The monoisotopic (exact) mass is 727 g/mol. The predicted molar refractivity (Wildman–Crippen MR) is 202 cm³/mol. The van der Waals surface area contributed by atoms with Gasteiger partial charge in [-0.3, -0.25) is 4.79 Å². The summed E-state index contributed by atoms with van der Waals surface area (Å²) in [5.41, 5.74) is 2.58. The number of terminal acetylenes is 1. The number of methoxy groups -OCH3 is 5. The summed E-state index contributed by atoms with van der Waals surface area (Å²) in [5, 5.41) is 0. The van der Waals surface area contributed by atoms with Crippen LogP contribution in [0.15, 0.2) is 54.6 Å². The lowest BCUT2D eigenvalue weighted by Gasteiger charge is -2.40. The summed E-state index contributed by atoms with van der Waals surface area (Å²) < 4.78 is 40.1. The maximum absolute atomic E-state index is 14.9. The average molecular weight is 728 g/mol. The van der Waals surface area contributed by atoms with E-state index in [9.17, 15) is 9.59 Å². The molecule has 0 N–H and O–H groups in total. The Hall–Kier alpha value is -5.04. The molecule has 1 heterocycles. The summed E-state index contributed by atoms with van der Waals surface area (Å²) in [6, 6.07) is 16.3. The van der Waals surface area contributed by atoms with Gasteiger partial charge >= 0.3 is 5.97 Å². The molecule has 284 valence electrons. The Morgan fingerprint density at radius 2 is 1.49 bits per heavy atom. The van der Waals surface area contributed by atoms with Crippen molar-refractivity contribution in [1.29, 1.82) is 0 Å². The second-order valence-corrected chi connectivity index (χ2v) is 13.6. The highest BCUT2D eigenvalue weighted by Gasteiger charge is 2.41. The van der Waals surface area contributed by atoms with E-state index < -0.39 is 24.0 Å². The number of nitrogens with zero attached hydrogens (tertiary/aromatic N) is 1. The van der Waals surface area contributed by atoms with Crippen LogP contribution in [0.5, 0.6) is 34.5 Å². The number of piperidine rings is 1. The number of benzene rings is 3. The Labute approximate surface area is 314 Å². The first kappa shape index (κ1) is 39.2. The Kier molecular flexibility index (Phi) is 14.2. The SMILES string of the molecule is C#CCOc1cc(CCC(OC(=O)[C@H]2CCCCN2C(=O)C(c2cc(OC)c(OC)c(OC)c2)C2CCCCC2)c2cccc(OC)c2)ccc1OC. The van der Waals surface area contributed by atoms with Crippen molar-refractivity contribution < 1.29 is 42.7 Å². The van der Waals surface area contributed by atoms with Gasteiger partial charge in [-0.05, 0) is 104 Å². The summed E-state index contributed by atoms with van der Waals surface area (Å²) in [4.78, 5) is 31.1. The molecule has 3 atom stereocenters. The van der Waals surface area contributed by atoms with Crippen molar-refractivity contribution in [3.8, 4) is 46.8 Å². The van der Waals surface area contributed by atoms with Gasteiger partial charge in [0.05, 0.1) is 41.5 Å². The van der Waals surface area contributed by atoms with Crippen LogP contribution in [0.1, 0.15) is 86.5 Å². The number of rotatable bonds is 16. The average Bonchev–Trinajstić information content (AvgIpc) is 3.21. The number of ether oxygens (including phenoxy) is 7. The van der Waals surface area contributed by atoms with E-state index in [1.165, 1.54) is 0 Å². The smallest absolute Gasteiger partial charge is 0.329 e. The van der Waals surface area contributed by atoms with Crippen LogP contribution in [-0.4, -0.2) is 71.5 Å². The zero-order valence-corrected chi connectivity index (χ0v) is 31.7. The van der Waals surface area contributed by atoms with Gasteiger partial charge in [-0.25, -0.2) is 4.79 Å². The molecule has 1 aliphatic carbocycles. The van der Waals surface area contributed by atoms with Crippen molar-refractivity contribution >= 4 is 11.9 Å². The van der Waals surface area contributed by atoms with Gasteiger partial charge in [0.15, 0.2) is 23.0 Å². The fraction of sp³-hybridized carbons (Fsp3) is 0.488. The quantitative estimate of drug-likeness (QED) is 0.109. The molecule has 1 saturated heterocycles. The first-order chi connectivity index (χ1) is 25.8. The minimum Gasteiger partial charge on any atom is -0.497 e. The van der Waals surface area contributed by atoms with Crippen molar-refractivity contribution in [2.24, 2.45) is 5.92 Å². The van der Waals surface area contributed by atoms with Crippen LogP contribution in [0.3, 0.4) is 0 Å². The summed E-state index contributed by atoms with van der Waals surface area (Å²) >= 11 is 0. The highest BCUT2D eigenvalue weighted by atomic mass is 16.5. The van der Waals surface area contributed by atoms with E-state index in [0.29, 0.717) is 60.3 Å². The normalized spacial score (nSPS) is 17.1. The number of hydrogen-bond donors (Lipinski definition) is 0. The van der Waals surface area contributed by atoms with Crippen molar-refractivity contribution in [3.63, 3.8) is 0 Å². The maximum Gasteiger partial charge on any atom is 0.329 e. The third kappa shape index (κ3) is 9.50. The van der Waals surface area contributed by atoms with Crippen LogP contribution in [-0.2, 0) is 20.7 Å². The van der Waals surface area contributed by atoms with E-state index in [2.05, 4.69) is 5.92 Å². The largest absolute Gasteiger partial charge is 0.497 e. The standard InChI is InChI=1S/C43H53NO9/c1-7-24-52-37-25-29(20-22-36(37)48-3)19-21-35(31-16-13-17-33(26-31)47-2)53-43(46)34-18-11-12-23-44(34)42(45)40(30-14-9-8-10-15-30)32-27-38(49-4)41(51-6)39(28-32)50-5/h1,13,16-17,20,22,25-28,30,34-35,40H,8-12,14-15,18-19,21,23-24H2,2-6H3/t34-,35?,40?/m1/s1. The van der Waals surface area contributed by atoms with Gasteiger partial charge in [-0.2, -0.15) is 0 Å². The topological polar surface area (TPSA) is 102 Å². The number of hydrogen-bond acceptors (Lipinski definition) is 9. The molecule has 53 heavy (non-hydrogen) atoms. The predicted octanol–water partition coefficient (Wildman–Crippen LogP) is 7.70. The van der Waals surface area contributed by atoms with Crippen LogP contribution in [0.25, 0.3) is 0 Å². The van der Waals surface area contributed by atoms with Gasteiger partial charge in [-0.1, -0.05) is 43.4 Å². The van der Waals surface area contributed by atoms with Crippen LogP contribution in [0, 0.1) is 18.3 Å². The Balaban J connectivity index is 1.44. The van der Waals surface area contributed by atoms with Crippen molar-refractivity contribution in [2.75, 3.05) is 48.7 Å². The molecule has 1 aliphatic heterocycles. The van der Waals surface area contributed by atoms with Gasteiger partial charge in [0.25, 0.3) is 0 Å². The number of esters is 1. The number of carbonyl (C=O) groups excluding carboxylic acids is 2. The highest BCUT2D eigenvalue weighted by molar-refractivity contribution is 5.89. The highest BCUT2D eigenvalue weighted by Crippen LogP contribution is 2.45. The molecule has 2 aliphatic rings. The third-order valence-corrected chi connectivity index (χ3v) is 10.4. The van der Waals surface area contributed by atoms with Crippen LogP contribution < -0.4 is 28.4 Å². The molecule has 0 bridgehead atoms. The van der Waals surface area contributed by atoms with Crippen molar-refractivity contribution in [1.82, 2.24) is 4.90 Å². The number of carbonyl (C=O) groups is 2. The van der Waals surface area contributed by atoms with Gasteiger partial charge in [0, 0.05) is 6.54 Å². The van der Waals surface area contributed by atoms with Gasteiger partial charge in [-0.15, -0.1) is 6.42 Å². The van der Waals surface area contributed by atoms with E-state index in [4.69, 9.17) is 39.6 Å². The van der Waals surface area contributed by atoms with E-state index in [-0.39, 0.29) is 18.4 Å². The second-order valence-electron chi connectivity index (χ2n) is 13.6. The molecular formula is C43H53NO9. The molecular weight excluding hydrogens is 674 g/mol.